The van der Waals surface area contributed by atoms with Crippen molar-refractivity contribution in [2.75, 3.05) is 5.32 Å². The second-order valence-electron chi connectivity index (χ2n) is 5.20. The Bertz CT molecular complexity index is 887. The molecule has 8 heteroatoms. The van der Waals surface area contributed by atoms with Crippen molar-refractivity contribution in [3.05, 3.63) is 58.2 Å². The number of phenolic OH excluding ortho intramolecular Hbond substituents is 1. The van der Waals surface area contributed by atoms with Crippen LogP contribution in [0.5, 0.6) is 5.75 Å². The van der Waals surface area contributed by atoms with Crippen molar-refractivity contribution in [2.45, 2.75) is 20.0 Å². The van der Waals surface area contributed by atoms with Crippen LogP contribution in [-0.2, 0) is 0 Å². The molecule has 0 spiro atoms. The monoisotopic (exact) mass is 345 g/mol. The van der Waals surface area contributed by atoms with E-state index in [1.807, 2.05) is 12.3 Å². The molecule has 0 bridgehead atoms. The first-order chi connectivity index (χ1) is 11.4. The Kier molecular flexibility index (Phi) is 4.32. The van der Waals surface area contributed by atoms with Crippen LogP contribution in [0, 0.1) is 13.8 Å². The zero-order chi connectivity index (χ0) is 17.3. The van der Waals surface area contributed by atoms with Gasteiger partial charge in [-0.1, -0.05) is 12.1 Å². The van der Waals surface area contributed by atoms with Crippen molar-refractivity contribution in [3.63, 3.8) is 0 Å². The highest BCUT2D eigenvalue weighted by atomic mass is 32.1. The number of benzene rings is 1. The van der Waals surface area contributed by atoms with Gasteiger partial charge in [-0.05, 0) is 31.5 Å². The van der Waals surface area contributed by atoms with Crippen LogP contribution >= 0.6 is 11.3 Å². The molecule has 1 atom stereocenters. The maximum Gasteiger partial charge on any atom is 0.279 e. The highest BCUT2D eigenvalue weighted by molar-refractivity contribution is 7.13. The molecule has 0 saturated heterocycles. The van der Waals surface area contributed by atoms with Crippen molar-refractivity contribution < 1.29 is 19.4 Å². The van der Waals surface area contributed by atoms with Crippen LogP contribution in [0.2, 0.25) is 0 Å². The molecule has 7 nitrogen and oxygen atoms in total. The van der Waals surface area contributed by atoms with Gasteiger partial charge in [0.25, 0.3) is 5.91 Å². The Morgan fingerprint density at radius 3 is 2.79 bits per heavy atom. The lowest BCUT2D eigenvalue weighted by atomic mass is 10.1. The number of amides is 1. The third-order valence-corrected chi connectivity index (χ3v) is 4.16. The van der Waals surface area contributed by atoms with E-state index >= 15 is 0 Å². The third kappa shape index (κ3) is 3.29. The fourth-order valence-corrected chi connectivity index (χ4v) is 2.83. The van der Waals surface area contributed by atoms with Gasteiger partial charge in [-0.25, -0.2) is 9.97 Å². The van der Waals surface area contributed by atoms with Crippen LogP contribution in [0.4, 0.5) is 5.13 Å². The number of nitrogens with zero attached hydrogens (tertiary/aromatic N) is 2. The average molecular weight is 345 g/mol. The van der Waals surface area contributed by atoms with E-state index in [4.69, 9.17) is 4.42 Å². The molecule has 0 aliphatic carbocycles. The molecule has 3 aromatic rings. The molecule has 3 rings (SSSR count). The second-order valence-corrected chi connectivity index (χ2v) is 6.06. The molecule has 0 radical (unpaired) electrons. The van der Waals surface area contributed by atoms with Crippen LogP contribution in [0.15, 0.2) is 34.1 Å². The fourth-order valence-electron chi connectivity index (χ4n) is 2.15. The van der Waals surface area contributed by atoms with Gasteiger partial charge in [0.05, 0.1) is 5.69 Å². The Balaban J connectivity index is 1.83. The largest absolute Gasteiger partial charge is 0.508 e. The van der Waals surface area contributed by atoms with E-state index in [1.165, 1.54) is 23.5 Å². The van der Waals surface area contributed by atoms with Crippen LogP contribution in [-0.4, -0.2) is 26.1 Å². The van der Waals surface area contributed by atoms with E-state index < -0.39 is 12.0 Å². The number of aromatic hydroxyl groups is 1. The van der Waals surface area contributed by atoms with Crippen LogP contribution in [0.1, 0.15) is 39.5 Å². The van der Waals surface area contributed by atoms with Gasteiger partial charge in [-0.15, -0.1) is 11.3 Å². The van der Waals surface area contributed by atoms with Crippen LogP contribution < -0.4 is 5.32 Å². The molecule has 0 saturated carbocycles. The lowest BCUT2D eigenvalue weighted by Crippen LogP contribution is -2.13. The van der Waals surface area contributed by atoms with Crippen molar-refractivity contribution in [1.29, 1.82) is 0 Å². The zero-order valence-corrected chi connectivity index (χ0v) is 13.8. The lowest BCUT2D eigenvalue weighted by Gasteiger charge is -2.06. The van der Waals surface area contributed by atoms with E-state index in [1.54, 1.807) is 19.1 Å². The maximum absolute atomic E-state index is 12.3. The van der Waals surface area contributed by atoms with Gasteiger partial charge < -0.3 is 14.6 Å². The number of rotatable bonds is 4. The minimum atomic E-state index is -1.18. The summed E-state index contributed by atoms with van der Waals surface area (Å²) in [7, 11) is 0. The number of phenols is 1. The number of thiazole rings is 1. The quantitative estimate of drug-likeness (QED) is 0.671. The number of aromatic nitrogens is 2. The highest BCUT2D eigenvalue weighted by Gasteiger charge is 2.23. The first-order valence-electron chi connectivity index (χ1n) is 7.12. The molecular weight excluding hydrogens is 330 g/mol. The van der Waals surface area contributed by atoms with Crippen LogP contribution in [0.25, 0.3) is 0 Å². The number of carbonyl (C=O) groups excluding carboxylic acids is 1. The van der Waals surface area contributed by atoms with Crippen molar-refractivity contribution in [3.8, 4) is 5.75 Å². The molecule has 1 unspecified atom stereocenters. The van der Waals surface area contributed by atoms with Gasteiger partial charge in [0.1, 0.15) is 11.5 Å². The molecule has 1 amide bonds. The molecule has 1 aromatic carbocycles. The number of aliphatic hydroxyl groups excluding tert-OH is 1. The molecule has 24 heavy (non-hydrogen) atoms. The number of carbonyl (C=O) groups is 1. The van der Waals surface area contributed by atoms with Gasteiger partial charge in [0, 0.05) is 5.38 Å². The molecule has 0 fully saturated rings. The summed E-state index contributed by atoms with van der Waals surface area (Å²) in [6.07, 6.45) is -1.18. The number of anilines is 1. The number of aliphatic hydroxyl groups is 1. The van der Waals surface area contributed by atoms with Gasteiger partial charge in [-0.3, -0.25) is 10.1 Å². The van der Waals surface area contributed by atoms with E-state index in [0.29, 0.717) is 10.7 Å². The number of aryl methyl sites for hydroxylation is 2. The molecular formula is C16H15N3O4S. The molecule has 2 heterocycles. The molecule has 2 aromatic heterocycles. The lowest BCUT2D eigenvalue weighted by molar-refractivity contribution is 0.102. The van der Waals surface area contributed by atoms with Crippen molar-refractivity contribution >= 4 is 22.4 Å². The number of hydrogen-bond acceptors (Lipinski definition) is 7. The summed E-state index contributed by atoms with van der Waals surface area (Å²) in [6.45, 7) is 3.42. The van der Waals surface area contributed by atoms with E-state index in [2.05, 4.69) is 15.3 Å². The second kappa shape index (κ2) is 6.42. The van der Waals surface area contributed by atoms with E-state index in [0.717, 1.165) is 5.69 Å². The first kappa shape index (κ1) is 16.2. The fraction of sp³-hybridized carbons (Fsp3) is 0.188. The van der Waals surface area contributed by atoms with Gasteiger partial charge in [0.15, 0.2) is 16.9 Å². The summed E-state index contributed by atoms with van der Waals surface area (Å²) in [4.78, 5) is 20.5. The summed E-state index contributed by atoms with van der Waals surface area (Å²) in [6, 6.07) is 6.12. The Labute approximate surface area is 141 Å². The minimum absolute atomic E-state index is 0.0152. The van der Waals surface area contributed by atoms with Gasteiger partial charge in [-0.2, -0.15) is 0 Å². The van der Waals surface area contributed by atoms with E-state index in [-0.39, 0.29) is 23.1 Å². The number of oxazole rings is 1. The van der Waals surface area contributed by atoms with Gasteiger partial charge >= 0.3 is 0 Å². The Morgan fingerprint density at radius 2 is 2.12 bits per heavy atom. The number of nitrogens with one attached hydrogen (secondary N) is 1. The molecule has 3 N–H and O–H groups in total. The molecule has 0 aliphatic heterocycles. The summed E-state index contributed by atoms with van der Waals surface area (Å²) < 4.78 is 5.41. The SMILES string of the molecule is Cc1csc(NC(=O)c2nc(C(O)c3cccc(O)c3)oc2C)n1. The Morgan fingerprint density at radius 1 is 1.33 bits per heavy atom. The maximum atomic E-state index is 12.3. The summed E-state index contributed by atoms with van der Waals surface area (Å²) >= 11 is 1.31. The zero-order valence-electron chi connectivity index (χ0n) is 13.0. The third-order valence-electron chi connectivity index (χ3n) is 3.29. The minimum Gasteiger partial charge on any atom is -0.508 e. The molecule has 0 aliphatic rings. The van der Waals surface area contributed by atoms with E-state index in [9.17, 15) is 15.0 Å². The topological polar surface area (TPSA) is 108 Å². The van der Waals surface area contributed by atoms with Crippen LogP contribution in [0.3, 0.4) is 0 Å². The summed E-state index contributed by atoms with van der Waals surface area (Å²) in [5.74, 6) is -0.166. The van der Waals surface area contributed by atoms with Gasteiger partial charge in [0.2, 0.25) is 5.89 Å². The van der Waals surface area contributed by atoms with Crippen molar-refractivity contribution in [1.82, 2.24) is 9.97 Å². The standard InChI is InChI=1S/C16H15N3O4S/c1-8-7-24-16(17-8)19-14(22)12-9(2)23-15(18-12)13(21)10-4-3-5-11(20)6-10/h3-7,13,20-21H,1-2H3,(H,17,19,22). The normalized spacial score (nSPS) is 12.1. The highest BCUT2D eigenvalue weighted by Crippen LogP contribution is 2.26. The average Bonchev–Trinajstić information content (AvgIpc) is 3.12. The summed E-state index contributed by atoms with van der Waals surface area (Å²) in [5.41, 5.74) is 1.31. The first-order valence-corrected chi connectivity index (χ1v) is 8.00. The summed E-state index contributed by atoms with van der Waals surface area (Å²) in [5, 5.41) is 24.7. The molecule has 124 valence electrons. The Hall–Kier alpha value is -2.71. The number of hydrogen-bond donors (Lipinski definition) is 3. The predicted octanol–water partition coefficient (Wildman–Crippen LogP) is 2.79. The van der Waals surface area contributed by atoms with Crippen molar-refractivity contribution in [2.24, 2.45) is 0 Å². The smallest absolute Gasteiger partial charge is 0.279 e. The predicted molar refractivity (Wildman–Crippen MR) is 88.2 cm³/mol.